The largest absolute Gasteiger partial charge is 0.497 e. The van der Waals surface area contributed by atoms with Crippen LogP contribution in [0.4, 0.5) is 10.1 Å². The van der Waals surface area contributed by atoms with Crippen LogP contribution in [0, 0.1) is 5.82 Å². The van der Waals surface area contributed by atoms with Crippen molar-refractivity contribution in [3.63, 3.8) is 0 Å². The number of methoxy groups -OCH3 is 1. The van der Waals surface area contributed by atoms with Crippen molar-refractivity contribution in [3.8, 4) is 5.75 Å². The minimum atomic E-state index is -0.761. The van der Waals surface area contributed by atoms with Crippen LogP contribution in [0.25, 0.3) is 6.08 Å². The van der Waals surface area contributed by atoms with Gasteiger partial charge in [-0.05, 0) is 60.5 Å². The van der Waals surface area contributed by atoms with E-state index in [1.165, 1.54) is 28.0 Å². The normalized spacial score (nSPS) is 15.3. The minimum absolute atomic E-state index is 0.276. The van der Waals surface area contributed by atoms with E-state index in [4.69, 9.17) is 4.74 Å². The Morgan fingerprint density at radius 3 is 2.42 bits per heavy atom. The molecule has 0 spiro atoms. The maximum Gasteiger partial charge on any atom is 0.271 e. The summed E-state index contributed by atoms with van der Waals surface area (Å²) in [6.07, 6.45) is 1.79. The van der Waals surface area contributed by atoms with Gasteiger partial charge in [-0.3, -0.25) is 14.2 Å². The third kappa shape index (κ3) is 4.50. The summed E-state index contributed by atoms with van der Waals surface area (Å²) in [5.74, 6) is -0.0579. The van der Waals surface area contributed by atoms with Crippen molar-refractivity contribution in [2.24, 2.45) is 4.99 Å². The van der Waals surface area contributed by atoms with Gasteiger partial charge >= 0.3 is 0 Å². The number of hydrogen-bond donors (Lipinski definition) is 1. The van der Waals surface area contributed by atoms with Crippen molar-refractivity contribution in [2.45, 2.75) is 13.0 Å². The summed E-state index contributed by atoms with van der Waals surface area (Å²) in [6.45, 7) is 1.75. The first-order valence-corrected chi connectivity index (χ1v) is 12.0. The van der Waals surface area contributed by atoms with Crippen molar-refractivity contribution >= 4 is 29.0 Å². The Labute approximate surface area is 210 Å². The van der Waals surface area contributed by atoms with Crippen LogP contribution in [0.15, 0.2) is 99.9 Å². The SMILES string of the molecule is COc1ccc(/C=c2\sc3n(c2=O)[C@@H](c2ccc(F)cc2)C(C(=O)Nc2ccccc2)=C(C)N=3)cc1. The number of fused-ring (bicyclic) bond motifs is 1. The molecule has 0 fully saturated rings. The fraction of sp³-hybridized carbons (Fsp3) is 0.107. The second kappa shape index (κ2) is 9.75. The summed E-state index contributed by atoms with van der Waals surface area (Å²) in [5, 5.41) is 2.90. The number of amides is 1. The van der Waals surface area contributed by atoms with Gasteiger partial charge in [-0.15, -0.1) is 0 Å². The fourth-order valence-electron chi connectivity index (χ4n) is 4.14. The summed E-state index contributed by atoms with van der Waals surface area (Å²) in [6, 6.07) is 21.5. The number of thiazole rings is 1. The minimum Gasteiger partial charge on any atom is -0.497 e. The number of hydrogen-bond acceptors (Lipinski definition) is 5. The van der Waals surface area contributed by atoms with Gasteiger partial charge in [0.05, 0.1) is 29.0 Å². The van der Waals surface area contributed by atoms with Gasteiger partial charge in [-0.25, -0.2) is 9.38 Å². The zero-order valence-corrected chi connectivity index (χ0v) is 20.4. The van der Waals surface area contributed by atoms with Crippen LogP contribution in [0.2, 0.25) is 0 Å². The molecular weight excluding hydrogens is 477 g/mol. The average Bonchev–Trinajstić information content (AvgIpc) is 3.19. The van der Waals surface area contributed by atoms with Gasteiger partial charge in [-0.2, -0.15) is 0 Å². The number of ether oxygens (including phenoxy) is 1. The van der Waals surface area contributed by atoms with E-state index in [2.05, 4.69) is 10.3 Å². The maximum atomic E-state index is 13.8. The molecule has 0 aliphatic carbocycles. The number of para-hydroxylation sites is 1. The molecule has 0 saturated heterocycles. The quantitative estimate of drug-likeness (QED) is 0.451. The van der Waals surface area contributed by atoms with E-state index in [0.717, 1.165) is 11.3 Å². The highest BCUT2D eigenvalue weighted by Gasteiger charge is 2.32. The molecule has 36 heavy (non-hydrogen) atoms. The molecule has 1 aromatic heterocycles. The lowest BCUT2D eigenvalue weighted by atomic mass is 9.95. The molecule has 1 aliphatic heterocycles. The van der Waals surface area contributed by atoms with E-state index >= 15 is 0 Å². The molecule has 2 heterocycles. The summed E-state index contributed by atoms with van der Waals surface area (Å²) >= 11 is 1.25. The number of rotatable bonds is 5. The zero-order chi connectivity index (χ0) is 25.2. The Bertz CT molecular complexity index is 1640. The summed E-state index contributed by atoms with van der Waals surface area (Å²) in [7, 11) is 1.59. The third-order valence-electron chi connectivity index (χ3n) is 5.90. The highest BCUT2D eigenvalue weighted by atomic mass is 32.1. The second-order valence-corrected chi connectivity index (χ2v) is 9.24. The van der Waals surface area contributed by atoms with Crippen molar-refractivity contribution in [1.82, 2.24) is 4.57 Å². The van der Waals surface area contributed by atoms with Crippen molar-refractivity contribution < 1.29 is 13.9 Å². The van der Waals surface area contributed by atoms with Crippen LogP contribution in [0.1, 0.15) is 24.1 Å². The first kappa shape index (κ1) is 23.4. The number of carbonyl (C=O) groups excluding carboxylic acids is 1. The standard InChI is InChI=1S/C28H22FN3O3S/c1-17-24(26(33)31-21-6-4-3-5-7-21)25(19-10-12-20(29)13-11-19)32-27(34)23(36-28(32)30-17)16-18-8-14-22(35-2)15-9-18/h3-16,25H,1-2H3,(H,31,33)/b23-16-/t25-/m0/s1. The van der Waals surface area contributed by atoms with Crippen LogP contribution in [0.5, 0.6) is 5.75 Å². The number of anilines is 1. The van der Waals surface area contributed by atoms with Crippen molar-refractivity contribution in [1.29, 1.82) is 0 Å². The smallest absolute Gasteiger partial charge is 0.271 e. The topological polar surface area (TPSA) is 72.7 Å². The molecule has 6 nitrogen and oxygen atoms in total. The summed E-state index contributed by atoms with van der Waals surface area (Å²) in [5.41, 5.74) is 2.61. The number of halogens is 1. The van der Waals surface area contributed by atoms with E-state index in [0.29, 0.717) is 31.9 Å². The van der Waals surface area contributed by atoms with Gasteiger partial charge in [-0.1, -0.05) is 53.8 Å². The zero-order valence-electron chi connectivity index (χ0n) is 19.6. The Balaban J connectivity index is 1.65. The Kier molecular flexibility index (Phi) is 6.35. The Morgan fingerprint density at radius 1 is 1.06 bits per heavy atom. The van der Waals surface area contributed by atoms with E-state index in [1.54, 1.807) is 44.4 Å². The molecule has 180 valence electrons. The molecule has 0 bridgehead atoms. The molecule has 1 amide bonds. The maximum absolute atomic E-state index is 13.8. The van der Waals surface area contributed by atoms with Crippen molar-refractivity contribution in [3.05, 3.63) is 127 Å². The van der Waals surface area contributed by atoms with Gasteiger partial charge in [0.15, 0.2) is 4.80 Å². The Morgan fingerprint density at radius 2 is 1.75 bits per heavy atom. The average molecular weight is 500 g/mol. The first-order valence-electron chi connectivity index (χ1n) is 11.2. The predicted octanol–water partition coefficient (Wildman–Crippen LogP) is 4.02. The fourth-order valence-corrected chi connectivity index (χ4v) is 5.19. The lowest BCUT2D eigenvalue weighted by molar-refractivity contribution is -0.113. The van der Waals surface area contributed by atoms with Crippen LogP contribution in [-0.2, 0) is 4.79 Å². The molecule has 0 saturated carbocycles. The number of nitrogens with one attached hydrogen (secondary N) is 1. The van der Waals surface area contributed by atoms with E-state index in [1.807, 2.05) is 42.5 Å². The molecule has 0 radical (unpaired) electrons. The van der Waals surface area contributed by atoms with Crippen LogP contribution < -0.4 is 24.9 Å². The molecule has 0 unspecified atom stereocenters. The van der Waals surface area contributed by atoms with Gasteiger partial charge in [0.25, 0.3) is 11.5 Å². The van der Waals surface area contributed by atoms with E-state index in [-0.39, 0.29) is 11.5 Å². The lowest BCUT2D eigenvalue weighted by Gasteiger charge is -2.25. The number of carbonyl (C=O) groups is 1. The number of aromatic nitrogens is 1. The molecular formula is C28H22FN3O3S. The molecule has 4 aromatic rings. The number of nitrogens with zero attached hydrogens (tertiary/aromatic N) is 2. The highest BCUT2D eigenvalue weighted by molar-refractivity contribution is 7.07. The molecule has 5 rings (SSSR count). The molecule has 8 heteroatoms. The van der Waals surface area contributed by atoms with Crippen LogP contribution >= 0.6 is 11.3 Å². The number of benzene rings is 3. The van der Waals surface area contributed by atoms with Crippen molar-refractivity contribution in [2.75, 3.05) is 12.4 Å². The summed E-state index contributed by atoms with van der Waals surface area (Å²) in [4.78, 5) is 32.2. The number of allylic oxidation sites excluding steroid dienone is 1. The predicted molar refractivity (Wildman–Crippen MR) is 138 cm³/mol. The second-order valence-electron chi connectivity index (χ2n) is 8.23. The van der Waals surface area contributed by atoms with E-state index in [9.17, 15) is 14.0 Å². The van der Waals surface area contributed by atoms with Crippen LogP contribution in [-0.4, -0.2) is 17.6 Å². The van der Waals surface area contributed by atoms with Gasteiger partial charge < -0.3 is 10.1 Å². The monoisotopic (exact) mass is 499 g/mol. The first-order chi connectivity index (χ1) is 17.4. The highest BCUT2D eigenvalue weighted by Crippen LogP contribution is 2.31. The van der Waals surface area contributed by atoms with Gasteiger partial charge in [0.1, 0.15) is 11.6 Å². The molecule has 1 N–H and O–H groups in total. The van der Waals surface area contributed by atoms with E-state index < -0.39 is 11.9 Å². The molecule has 1 atom stereocenters. The van der Waals surface area contributed by atoms with Gasteiger partial charge in [0.2, 0.25) is 0 Å². The van der Waals surface area contributed by atoms with Gasteiger partial charge in [0, 0.05) is 5.69 Å². The Hall–Kier alpha value is -4.30. The lowest BCUT2D eigenvalue weighted by Crippen LogP contribution is -2.40. The molecule has 3 aromatic carbocycles. The third-order valence-corrected chi connectivity index (χ3v) is 6.88. The van der Waals surface area contributed by atoms with Crippen LogP contribution in [0.3, 0.4) is 0 Å². The summed E-state index contributed by atoms with van der Waals surface area (Å²) < 4.78 is 21.0. The molecule has 1 aliphatic rings.